The summed E-state index contributed by atoms with van der Waals surface area (Å²) in [6, 6.07) is 8.18. The van der Waals surface area contributed by atoms with Crippen LogP contribution in [0.1, 0.15) is 37.7 Å². The first-order chi connectivity index (χ1) is 9.81. The number of rotatable bonds is 7. The molecule has 0 amide bonds. The Morgan fingerprint density at radius 2 is 2.10 bits per heavy atom. The molecule has 0 radical (unpaired) electrons. The van der Waals surface area contributed by atoms with Gasteiger partial charge in [-0.2, -0.15) is 0 Å². The Morgan fingerprint density at radius 1 is 1.30 bits per heavy atom. The first kappa shape index (κ1) is 14.6. The van der Waals surface area contributed by atoms with Gasteiger partial charge < -0.3 is 14.6 Å². The first-order valence-corrected chi connectivity index (χ1v) is 7.19. The van der Waals surface area contributed by atoms with Crippen molar-refractivity contribution in [2.45, 2.75) is 32.9 Å². The van der Waals surface area contributed by atoms with Gasteiger partial charge in [0.25, 0.3) is 0 Å². The predicted molar refractivity (Wildman–Crippen MR) is 81.0 cm³/mol. The molecule has 0 aliphatic heterocycles. The van der Waals surface area contributed by atoms with Gasteiger partial charge in [0.1, 0.15) is 11.6 Å². The number of ether oxygens (including phenoxy) is 1. The molecular formula is C16H23N3O. The average Bonchev–Trinajstić information content (AvgIpc) is 2.96. The van der Waals surface area contributed by atoms with Gasteiger partial charge in [-0.3, -0.25) is 0 Å². The maximum Gasteiger partial charge on any atom is 0.130 e. The Hall–Kier alpha value is -1.81. The Labute approximate surface area is 120 Å². The third kappa shape index (κ3) is 3.02. The van der Waals surface area contributed by atoms with E-state index in [9.17, 15) is 0 Å². The number of para-hydroxylation sites is 1. The van der Waals surface area contributed by atoms with Crippen LogP contribution in [-0.2, 0) is 6.54 Å². The van der Waals surface area contributed by atoms with E-state index in [0.717, 1.165) is 36.6 Å². The van der Waals surface area contributed by atoms with Gasteiger partial charge in [0.05, 0.1) is 13.2 Å². The molecule has 0 bridgehead atoms. The summed E-state index contributed by atoms with van der Waals surface area (Å²) in [7, 11) is 1.71. The molecule has 108 valence electrons. The lowest BCUT2D eigenvalue weighted by Crippen LogP contribution is -2.26. The van der Waals surface area contributed by atoms with E-state index in [1.165, 1.54) is 0 Å². The zero-order valence-electron chi connectivity index (χ0n) is 12.5. The van der Waals surface area contributed by atoms with Crippen LogP contribution in [0, 0.1) is 0 Å². The van der Waals surface area contributed by atoms with Crippen LogP contribution in [0.3, 0.4) is 0 Å². The maximum atomic E-state index is 5.50. The quantitative estimate of drug-likeness (QED) is 0.843. The third-order valence-corrected chi connectivity index (χ3v) is 3.39. The Bertz CT molecular complexity index is 536. The van der Waals surface area contributed by atoms with Gasteiger partial charge in [-0.25, -0.2) is 4.98 Å². The van der Waals surface area contributed by atoms with Crippen molar-refractivity contribution >= 4 is 0 Å². The molecular weight excluding hydrogens is 250 g/mol. The van der Waals surface area contributed by atoms with Crippen LogP contribution in [0.2, 0.25) is 0 Å². The van der Waals surface area contributed by atoms with E-state index in [4.69, 9.17) is 4.74 Å². The Morgan fingerprint density at radius 3 is 2.80 bits per heavy atom. The molecule has 1 unspecified atom stereocenters. The molecule has 1 aromatic carbocycles. The second-order valence-electron chi connectivity index (χ2n) is 4.70. The highest BCUT2D eigenvalue weighted by atomic mass is 16.5. The van der Waals surface area contributed by atoms with Crippen molar-refractivity contribution in [2.75, 3.05) is 13.7 Å². The Balaban J connectivity index is 2.41. The van der Waals surface area contributed by atoms with Crippen molar-refractivity contribution in [3.8, 4) is 5.75 Å². The predicted octanol–water partition coefficient (Wildman–Crippen LogP) is 3.00. The molecule has 0 aliphatic carbocycles. The zero-order valence-corrected chi connectivity index (χ0v) is 12.5. The van der Waals surface area contributed by atoms with Crippen molar-refractivity contribution in [1.29, 1.82) is 0 Å². The minimum absolute atomic E-state index is 0.0565. The summed E-state index contributed by atoms with van der Waals surface area (Å²) in [6.07, 6.45) is 4.96. The third-order valence-electron chi connectivity index (χ3n) is 3.39. The molecule has 1 atom stereocenters. The van der Waals surface area contributed by atoms with E-state index < -0.39 is 0 Å². The molecule has 1 N–H and O–H groups in total. The van der Waals surface area contributed by atoms with E-state index in [1.54, 1.807) is 7.11 Å². The molecule has 4 nitrogen and oxygen atoms in total. The average molecular weight is 273 g/mol. The lowest BCUT2D eigenvalue weighted by molar-refractivity contribution is 0.401. The molecule has 0 saturated heterocycles. The van der Waals surface area contributed by atoms with Gasteiger partial charge in [-0.15, -0.1) is 0 Å². The van der Waals surface area contributed by atoms with Crippen molar-refractivity contribution in [3.63, 3.8) is 0 Å². The SMILES string of the molecule is CCCNC(c1ccccc1OC)c1nccn1CC. The highest BCUT2D eigenvalue weighted by Crippen LogP contribution is 2.29. The van der Waals surface area contributed by atoms with Crippen LogP contribution in [0.25, 0.3) is 0 Å². The monoisotopic (exact) mass is 273 g/mol. The standard InChI is InChI=1S/C16H23N3O/c1-4-10-17-15(16-18-11-12-19(16)5-2)13-8-6-7-9-14(13)20-3/h6-9,11-12,15,17H,4-5,10H2,1-3H3. The second-order valence-corrected chi connectivity index (χ2v) is 4.70. The van der Waals surface area contributed by atoms with Crippen molar-refractivity contribution in [1.82, 2.24) is 14.9 Å². The van der Waals surface area contributed by atoms with Crippen molar-refractivity contribution < 1.29 is 4.74 Å². The molecule has 0 spiro atoms. The van der Waals surface area contributed by atoms with Gasteiger partial charge >= 0.3 is 0 Å². The van der Waals surface area contributed by atoms with Crippen LogP contribution in [0.5, 0.6) is 5.75 Å². The van der Waals surface area contributed by atoms with E-state index in [1.807, 2.05) is 30.6 Å². The number of methoxy groups -OCH3 is 1. The zero-order chi connectivity index (χ0) is 14.4. The summed E-state index contributed by atoms with van der Waals surface area (Å²) in [5.41, 5.74) is 1.13. The number of hydrogen-bond acceptors (Lipinski definition) is 3. The number of nitrogens with zero attached hydrogens (tertiary/aromatic N) is 2. The summed E-state index contributed by atoms with van der Waals surface area (Å²) in [5.74, 6) is 1.93. The molecule has 20 heavy (non-hydrogen) atoms. The highest BCUT2D eigenvalue weighted by Gasteiger charge is 2.21. The number of benzene rings is 1. The number of imidazole rings is 1. The second kappa shape index (κ2) is 7.10. The van der Waals surface area contributed by atoms with Gasteiger partial charge in [-0.05, 0) is 26.0 Å². The number of aryl methyl sites for hydroxylation is 1. The fourth-order valence-electron chi connectivity index (χ4n) is 2.38. The van der Waals surface area contributed by atoms with Gasteiger partial charge in [0, 0.05) is 24.5 Å². The summed E-state index contributed by atoms with van der Waals surface area (Å²) < 4.78 is 7.67. The summed E-state index contributed by atoms with van der Waals surface area (Å²) in [5, 5.41) is 3.57. The molecule has 0 saturated carbocycles. The fourth-order valence-corrected chi connectivity index (χ4v) is 2.38. The summed E-state index contributed by atoms with van der Waals surface area (Å²) in [4.78, 5) is 4.54. The molecule has 2 rings (SSSR count). The van der Waals surface area contributed by atoms with Crippen LogP contribution in [-0.4, -0.2) is 23.2 Å². The van der Waals surface area contributed by atoms with Crippen LogP contribution >= 0.6 is 0 Å². The highest BCUT2D eigenvalue weighted by molar-refractivity contribution is 5.39. The molecule has 1 heterocycles. The van der Waals surface area contributed by atoms with Crippen LogP contribution in [0.4, 0.5) is 0 Å². The summed E-state index contributed by atoms with van der Waals surface area (Å²) >= 11 is 0. The molecule has 0 aliphatic rings. The number of nitrogens with one attached hydrogen (secondary N) is 1. The minimum Gasteiger partial charge on any atom is -0.496 e. The van der Waals surface area contributed by atoms with Crippen molar-refractivity contribution in [2.24, 2.45) is 0 Å². The van der Waals surface area contributed by atoms with Crippen LogP contribution in [0.15, 0.2) is 36.7 Å². The fraction of sp³-hybridized carbons (Fsp3) is 0.438. The normalized spacial score (nSPS) is 12.3. The lowest BCUT2D eigenvalue weighted by Gasteiger charge is -2.21. The topological polar surface area (TPSA) is 39.1 Å². The molecule has 4 heteroatoms. The van der Waals surface area contributed by atoms with E-state index in [-0.39, 0.29) is 6.04 Å². The largest absolute Gasteiger partial charge is 0.496 e. The maximum absolute atomic E-state index is 5.50. The lowest BCUT2D eigenvalue weighted by atomic mass is 10.0. The minimum atomic E-state index is 0.0565. The van der Waals surface area contributed by atoms with E-state index >= 15 is 0 Å². The molecule has 1 aromatic heterocycles. The van der Waals surface area contributed by atoms with E-state index in [0.29, 0.717) is 0 Å². The molecule has 2 aromatic rings. The number of aromatic nitrogens is 2. The molecule has 0 fully saturated rings. The first-order valence-electron chi connectivity index (χ1n) is 7.19. The van der Waals surface area contributed by atoms with E-state index in [2.05, 4.69) is 34.8 Å². The smallest absolute Gasteiger partial charge is 0.130 e. The van der Waals surface area contributed by atoms with Crippen LogP contribution < -0.4 is 10.1 Å². The summed E-state index contributed by atoms with van der Waals surface area (Å²) in [6.45, 7) is 6.15. The van der Waals surface area contributed by atoms with Gasteiger partial charge in [0.15, 0.2) is 0 Å². The van der Waals surface area contributed by atoms with Crippen molar-refractivity contribution in [3.05, 3.63) is 48.0 Å². The van der Waals surface area contributed by atoms with Gasteiger partial charge in [-0.1, -0.05) is 25.1 Å². The van der Waals surface area contributed by atoms with Gasteiger partial charge in [0.2, 0.25) is 0 Å². The Kier molecular flexibility index (Phi) is 5.18. The number of hydrogen-bond donors (Lipinski definition) is 1.